The molecule has 0 radical (unpaired) electrons. The number of nitrogens with two attached hydrogens (primary N) is 1. The number of halogens is 3. The number of carbonyl (C=O) groups excluding carboxylic acids is 1. The topological polar surface area (TPSA) is 68.5 Å². The van der Waals surface area contributed by atoms with Gasteiger partial charge in [-0.2, -0.15) is 0 Å². The standard InChI is InChI=1S/C18H22ClN3O2S.2ClH/c1-12-16(17(23)22-8-7-18(2,10-20)11-22)25-15(21-12)9-24-14-5-3-13(19)4-6-14;;/h3-6H,7-11,20H2,1-2H3;2*1H. The molecule has 27 heavy (non-hydrogen) atoms. The highest BCUT2D eigenvalue weighted by Gasteiger charge is 2.36. The first-order valence-corrected chi connectivity index (χ1v) is 9.44. The first-order valence-electron chi connectivity index (χ1n) is 8.24. The van der Waals surface area contributed by atoms with Crippen molar-refractivity contribution in [3.05, 3.63) is 44.9 Å². The van der Waals surface area contributed by atoms with Gasteiger partial charge in [0.2, 0.25) is 0 Å². The second kappa shape index (κ2) is 9.94. The molecule has 1 unspecified atom stereocenters. The predicted molar refractivity (Wildman–Crippen MR) is 115 cm³/mol. The summed E-state index contributed by atoms with van der Waals surface area (Å²) in [6.45, 7) is 6.38. The van der Waals surface area contributed by atoms with Crippen molar-refractivity contribution in [3.8, 4) is 5.75 Å². The number of likely N-dealkylation sites (tertiary alicyclic amines) is 1. The molecule has 2 N–H and O–H groups in total. The summed E-state index contributed by atoms with van der Waals surface area (Å²) in [5, 5.41) is 1.46. The Bertz CT molecular complexity index is 770. The van der Waals surface area contributed by atoms with Crippen molar-refractivity contribution in [1.82, 2.24) is 9.88 Å². The Hall–Kier alpha value is -1.05. The van der Waals surface area contributed by atoms with E-state index in [0.717, 1.165) is 29.4 Å². The van der Waals surface area contributed by atoms with Crippen LogP contribution in [-0.4, -0.2) is 35.4 Å². The maximum absolute atomic E-state index is 12.8. The van der Waals surface area contributed by atoms with Crippen molar-refractivity contribution in [3.63, 3.8) is 0 Å². The molecule has 1 aromatic heterocycles. The minimum absolute atomic E-state index is 0. The number of aryl methyl sites for hydroxylation is 1. The molecule has 1 amide bonds. The Morgan fingerprint density at radius 1 is 1.37 bits per heavy atom. The molecule has 0 aliphatic carbocycles. The highest BCUT2D eigenvalue weighted by atomic mass is 35.5. The van der Waals surface area contributed by atoms with Gasteiger partial charge in [-0.25, -0.2) is 4.98 Å². The third-order valence-electron chi connectivity index (χ3n) is 4.55. The normalized spacial score (nSPS) is 18.6. The molecule has 9 heteroatoms. The molecule has 0 spiro atoms. The van der Waals surface area contributed by atoms with E-state index < -0.39 is 0 Å². The number of benzene rings is 1. The molecule has 1 aromatic carbocycles. The van der Waals surface area contributed by atoms with Crippen LogP contribution in [0.3, 0.4) is 0 Å². The first kappa shape index (κ1) is 24.0. The van der Waals surface area contributed by atoms with E-state index in [1.807, 2.05) is 24.0 Å². The molecule has 2 aromatic rings. The van der Waals surface area contributed by atoms with E-state index in [4.69, 9.17) is 22.1 Å². The fraction of sp³-hybridized carbons (Fsp3) is 0.444. The van der Waals surface area contributed by atoms with E-state index in [-0.39, 0.29) is 36.1 Å². The molecular weight excluding hydrogens is 429 g/mol. The zero-order chi connectivity index (χ0) is 18.0. The molecule has 0 saturated carbocycles. The van der Waals surface area contributed by atoms with Crippen LogP contribution in [0.5, 0.6) is 5.75 Å². The molecule has 2 heterocycles. The Morgan fingerprint density at radius 2 is 2.04 bits per heavy atom. The molecule has 0 bridgehead atoms. The van der Waals surface area contributed by atoms with Crippen LogP contribution in [0.1, 0.15) is 33.7 Å². The highest BCUT2D eigenvalue weighted by Crippen LogP contribution is 2.31. The lowest BCUT2D eigenvalue weighted by Gasteiger charge is -2.22. The van der Waals surface area contributed by atoms with Crippen molar-refractivity contribution in [2.45, 2.75) is 26.9 Å². The summed E-state index contributed by atoms with van der Waals surface area (Å²) in [4.78, 5) is 19.9. The van der Waals surface area contributed by atoms with E-state index in [0.29, 0.717) is 29.6 Å². The van der Waals surface area contributed by atoms with Gasteiger partial charge in [0.05, 0.1) is 5.69 Å². The van der Waals surface area contributed by atoms with Crippen LogP contribution in [-0.2, 0) is 6.61 Å². The molecule has 1 fully saturated rings. The summed E-state index contributed by atoms with van der Waals surface area (Å²) < 4.78 is 5.72. The van der Waals surface area contributed by atoms with Crippen LogP contribution in [0.4, 0.5) is 0 Å². The molecule has 5 nitrogen and oxygen atoms in total. The van der Waals surface area contributed by atoms with Crippen molar-refractivity contribution in [2.24, 2.45) is 11.1 Å². The largest absolute Gasteiger partial charge is 0.486 e. The number of rotatable bonds is 5. The van der Waals surface area contributed by atoms with Crippen molar-refractivity contribution in [1.29, 1.82) is 0 Å². The van der Waals surface area contributed by atoms with Gasteiger partial charge in [-0.15, -0.1) is 36.2 Å². The van der Waals surface area contributed by atoms with Crippen molar-refractivity contribution in [2.75, 3.05) is 19.6 Å². The number of hydrogen-bond acceptors (Lipinski definition) is 5. The summed E-state index contributed by atoms with van der Waals surface area (Å²) in [7, 11) is 0. The third-order valence-corrected chi connectivity index (χ3v) is 5.92. The molecule has 1 aliphatic rings. The number of thiazole rings is 1. The Labute approximate surface area is 181 Å². The number of carbonyl (C=O) groups is 1. The molecule has 1 aliphatic heterocycles. The number of hydrogen-bond donors (Lipinski definition) is 1. The molecule has 150 valence electrons. The summed E-state index contributed by atoms with van der Waals surface area (Å²) >= 11 is 7.26. The number of amides is 1. The Morgan fingerprint density at radius 3 is 2.63 bits per heavy atom. The van der Waals surface area contributed by atoms with Gasteiger partial charge < -0.3 is 15.4 Å². The van der Waals surface area contributed by atoms with Gasteiger partial charge in [0.15, 0.2) is 0 Å². The molecule has 3 rings (SSSR count). The van der Waals surface area contributed by atoms with Crippen LogP contribution in [0.2, 0.25) is 5.02 Å². The number of aromatic nitrogens is 1. The van der Waals surface area contributed by atoms with E-state index in [9.17, 15) is 4.79 Å². The second-order valence-corrected chi connectivity index (χ2v) is 8.28. The van der Waals surface area contributed by atoms with E-state index in [1.54, 1.807) is 12.1 Å². The molecule has 1 saturated heterocycles. The monoisotopic (exact) mass is 451 g/mol. The Kier molecular flexibility index (Phi) is 8.83. The SMILES string of the molecule is Cc1nc(COc2ccc(Cl)cc2)sc1C(=O)N1CCC(C)(CN)C1.Cl.Cl. The lowest BCUT2D eigenvalue weighted by molar-refractivity contribution is 0.0780. The van der Waals surface area contributed by atoms with Gasteiger partial charge in [0.25, 0.3) is 5.91 Å². The maximum atomic E-state index is 12.8. The van der Waals surface area contributed by atoms with Crippen LogP contribution < -0.4 is 10.5 Å². The predicted octanol–water partition coefficient (Wildman–Crippen LogP) is 4.34. The average molecular weight is 453 g/mol. The first-order chi connectivity index (χ1) is 11.9. The van der Waals surface area contributed by atoms with Crippen LogP contribution in [0, 0.1) is 12.3 Å². The lowest BCUT2D eigenvalue weighted by atomic mass is 9.90. The van der Waals surface area contributed by atoms with Crippen LogP contribution in [0.15, 0.2) is 24.3 Å². The fourth-order valence-corrected chi connectivity index (χ4v) is 3.97. The van der Waals surface area contributed by atoms with E-state index >= 15 is 0 Å². The zero-order valence-corrected chi connectivity index (χ0v) is 18.4. The second-order valence-electron chi connectivity index (χ2n) is 6.76. The van der Waals surface area contributed by atoms with E-state index in [2.05, 4.69) is 11.9 Å². The molecular formula is C18H24Cl3N3O2S. The fourth-order valence-electron chi connectivity index (χ4n) is 2.90. The minimum atomic E-state index is 0. The average Bonchev–Trinajstić information content (AvgIpc) is 3.18. The van der Waals surface area contributed by atoms with Gasteiger partial charge >= 0.3 is 0 Å². The number of nitrogens with zero attached hydrogens (tertiary/aromatic N) is 2. The van der Waals surface area contributed by atoms with Crippen molar-refractivity contribution >= 4 is 53.7 Å². The van der Waals surface area contributed by atoms with Crippen LogP contribution >= 0.6 is 47.8 Å². The van der Waals surface area contributed by atoms with E-state index in [1.165, 1.54) is 11.3 Å². The smallest absolute Gasteiger partial charge is 0.265 e. The van der Waals surface area contributed by atoms with Crippen LogP contribution in [0.25, 0.3) is 0 Å². The summed E-state index contributed by atoms with van der Waals surface area (Å²) in [5.41, 5.74) is 6.61. The van der Waals surface area contributed by atoms with Gasteiger partial charge in [0.1, 0.15) is 22.2 Å². The van der Waals surface area contributed by atoms with Gasteiger partial charge in [-0.3, -0.25) is 4.79 Å². The minimum Gasteiger partial charge on any atom is -0.486 e. The maximum Gasteiger partial charge on any atom is 0.265 e. The lowest BCUT2D eigenvalue weighted by Crippen LogP contribution is -2.34. The van der Waals surface area contributed by atoms with Crippen molar-refractivity contribution < 1.29 is 9.53 Å². The quantitative estimate of drug-likeness (QED) is 0.733. The zero-order valence-electron chi connectivity index (χ0n) is 15.2. The summed E-state index contributed by atoms with van der Waals surface area (Å²) in [6.07, 6.45) is 0.944. The summed E-state index contributed by atoms with van der Waals surface area (Å²) in [5.74, 6) is 0.772. The summed E-state index contributed by atoms with van der Waals surface area (Å²) in [6, 6.07) is 7.18. The van der Waals surface area contributed by atoms with Gasteiger partial charge in [-0.1, -0.05) is 18.5 Å². The van der Waals surface area contributed by atoms with Gasteiger partial charge in [-0.05, 0) is 49.6 Å². The highest BCUT2D eigenvalue weighted by molar-refractivity contribution is 7.13. The third kappa shape index (κ3) is 5.72. The number of ether oxygens (including phenoxy) is 1. The molecule has 1 atom stereocenters. The van der Waals surface area contributed by atoms with Gasteiger partial charge in [0, 0.05) is 18.1 Å². The Balaban J connectivity index is 0.00000182.